The summed E-state index contributed by atoms with van der Waals surface area (Å²) >= 11 is 0. The van der Waals surface area contributed by atoms with Crippen LogP contribution in [0.5, 0.6) is 11.8 Å². The van der Waals surface area contributed by atoms with Gasteiger partial charge in [0.05, 0.1) is 14.2 Å². The van der Waals surface area contributed by atoms with Gasteiger partial charge in [0.2, 0.25) is 23.5 Å². The molecule has 0 fully saturated rings. The third-order valence-corrected chi connectivity index (χ3v) is 3.28. The predicted octanol–water partition coefficient (Wildman–Crippen LogP) is 2.10. The first-order valence-corrected chi connectivity index (χ1v) is 7.27. The van der Waals surface area contributed by atoms with E-state index < -0.39 is 5.91 Å². The Morgan fingerprint density at radius 1 is 1.12 bits per heavy atom. The third kappa shape index (κ3) is 3.39. The van der Waals surface area contributed by atoms with Crippen LogP contribution in [0.4, 0.5) is 5.69 Å². The van der Waals surface area contributed by atoms with Gasteiger partial charge in [0, 0.05) is 18.2 Å². The van der Waals surface area contributed by atoms with Crippen molar-refractivity contribution in [3.05, 3.63) is 42.0 Å². The number of anilines is 1. The normalized spacial score (nSPS) is 10.4. The molecule has 128 valence electrons. The lowest BCUT2D eigenvalue weighted by molar-refractivity contribution is 0.101. The van der Waals surface area contributed by atoms with E-state index in [-0.39, 0.29) is 17.3 Å². The molecule has 1 N–H and O–H groups in total. The lowest BCUT2D eigenvalue weighted by atomic mass is 10.2. The van der Waals surface area contributed by atoms with Crippen molar-refractivity contribution in [1.29, 1.82) is 0 Å². The van der Waals surface area contributed by atoms with E-state index in [1.165, 1.54) is 20.5 Å². The molecule has 9 heteroatoms. The molecule has 0 radical (unpaired) electrons. The van der Waals surface area contributed by atoms with Crippen molar-refractivity contribution in [3.8, 4) is 23.2 Å². The van der Waals surface area contributed by atoms with Crippen LogP contribution in [0.3, 0.4) is 0 Å². The molecular weight excluding hydrogens is 326 g/mol. The molecular formula is C16H15N5O4. The lowest BCUT2D eigenvalue weighted by Gasteiger charge is -2.11. The number of nitrogens with zero attached hydrogens (tertiary/aromatic N) is 4. The Morgan fingerprint density at radius 2 is 1.84 bits per heavy atom. The predicted molar refractivity (Wildman–Crippen MR) is 87.6 cm³/mol. The molecule has 9 nitrogen and oxygen atoms in total. The topological polar surface area (TPSA) is 112 Å². The second-order valence-electron chi connectivity index (χ2n) is 4.93. The minimum Gasteiger partial charge on any atom is -0.480 e. The third-order valence-electron chi connectivity index (χ3n) is 3.28. The van der Waals surface area contributed by atoms with Crippen LogP contribution in [0, 0.1) is 6.92 Å². The summed E-state index contributed by atoms with van der Waals surface area (Å²) in [6, 6.07) is 7.01. The van der Waals surface area contributed by atoms with Crippen molar-refractivity contribution in [1.82, 2.24) is 20.2 Å². The summed E-state index contributed by atoms with van der Waals surface area (Å²) in [5, 5.41) is 10.5. The summed E-state index contributed by atoms with van der Waals surface area (Å²) in [6.45, 7) is 1.70. The summed E-state index contributed by atoms with van der Waals surface area (Å²) in [7, 11) is 2.83. The molecule has 1 amide bonds. The zero-order chi connectivity index (χ0) is 17.8. The fourth-order valence-electron chi connectivity index (χ4n) is 2.19. The number of rotatable bonds is 5. The van der Waals surface area contributed by atoms with E-state index in [9.17, 15) is 4.79 Å². The van der Waals surface area contributed by atoms with Gasteiger partial charge >= 0.3 is 0 Å². The van der Waals surface area contributed by atoms with E-state index >= 15 is 0 Å². The Balaban J connectivity index is 1.89. The maximum atomic E-state index is 12.6. The van der Waals surface area contributed by atoms with E-state index in [4.69, 9.17) is 13.9 Å². The number of nitrogens with one attached hydrogen (secondary N) is 1. The Labute approximate surface area is 143 Å². The summed E-state index contributed by atoms with van der Waals surface area (Å²) in [5.74, 6) is 0.598. The zero-order valence-electron chi connectivity index (χ0n) is 13.8. The Hall–Kier alpha value is -3.49. The lowest BCUT2D eigenvalue weighted by Crippen LogP contribution is -2.16. The number of hydrogen-bond acceptors (Lipinski definition) is 8. The number of benzene rings is 1. The first-order chi connectivity index (χ1) is 12.1. The molecule has 0 aliphatic heterocycles. The SMILES string of the molecule is COc1ncnc(OC)c1C(=O)Nc1cccc(-c2nnc(C)o2)c1. The highest BCUT2D eigenvalue weighted by molar-refractivity contribution is 6.07. The van der Waals surface area contributed by atoms with Gasteiger partial charge in [-0.1, -0.05) is 6.07 Å². The number of carbonyl (C=O) groups is 1. The number of carbonyl (C=O) groups excluding carboxylic acids is 1. The second-order valence-corrected chi connectivity index (χ2v) is 4.93. The van der Waals surface area contributed by atoms with Gasteiger partial charge < -0.3 is 19.2 Å². The van der Waals surface area contributed by atoms with Crippen LogP contribution in [0.25, 0.3) is 11.5 Å². The van der Waals surface area contributed by atoms with Gasteiger partial charge in [0.15, 0.2) is 5.56 Å². The molecule has 0 unspecified atom stereocenters. The summed E-state index contributed by atoms with van der Waals surface area (Å²) < 4.78 is 15.6. The maximum Gasteiger partial charge on any atom is 0.266 e. The van der Waals surface area contributed by atoms with Gasteiger partial charge in [-0.2, -0.15) is 0 Å². The maximum absolute atomic E-state index is 12.6. The van der Waals surface area contributed by atoms with Gasteiger partial charge in [-0.15, -0.1) is 10.2 Å². The average molecular weight is 341 g/mol. The molecule has 0 bridgehead atoms. The minimum atomic E-state index is -0.465. The Kier molecular flexibility index (Phi) is 4.55. The van der Waals surface area contributed by atoms with Gasteiger partial charge in [0.25, 0.3) is 5.91 Å². The molecule has 1 aromatic carbocycles. The van der Waals surface area contributed by atoms with Gasteiger partial charge in [-0.25, -0.2) is 9.97 Å². The average Bonchev–Trinajstić information content (AvgIpc) is 3.07. The highest BCUT2D eigenvalue weighted by atomic mass is 16.5. The van der Waals surface area contributed by atoms with Crippen molar-refractivity contribution in [2.45, 2.75) is 6.92 Å². The molecule has 0 aliphatic carbocycles. The van der Waals surface area contributed by atoms with E-state index in [0.717, 1.165) is 0 Å². The van der Waals surface area contributed by atoms with Crippen molar-refractivity contribution < 1.29 is 18.7 Å². The molecule has 2 heterocycles. The van der Waals surface area contributed by atoms with Crippen LogP contribution < -0.4 is 14.8 Å². The molecule has 0 saturated carbocycles. The summed E-state index contributed by atoms with van der Waals surface area (Å²) in [4.78, 5) is 20.5. The number of aryl methyl sites for hydroxylation is 1. The minimum absolute atomic E-state index is 0.103. The summed E-state index contributed by atoms with van der Waals surface area (Å²) in [5.41, 5.74) is 1.32. The van der Waals surface area contributed by atoms with Crippen molar-refractivity contribution in [2.75, 3.05) is 19.5 Å². The Bertz CT molecular complexity index is 887. The van der Waals surface area contributed by atoms with Crippen LogP contribution in [0.15, 0.2) is 35.0 Å². The first-order valence-electron chi connectivity index (χ1n) is 7.27. The largest absolute Gasteiger partial charge is 0.480 e. The van der Waals surface area contributed by atoms with Crippen molar-refractivity contribution in [2.24, 2.45) is 0 Å². The standard InChI is InChI=1S/C16H15N5O4/c1-9-20-21-14(25-9)10-5-4-6-11(7-10)19-13(22)12-15(23-2)17-8-18-16(12)24-3/h4-8H,1-3H3,(H,19,22). The van der Waals surface area contributed by atoms with E-state index in [0.29, 0.717) is 23.0 Å². The van der Waals surface area contributed by atoms with Gasteiger partial charge in [0.1, 0.15) is 6.33 Å². The quantitative estimate of drug-likeness (QED) is 0.751. The molecule has 0 spiro atoms. The van der Waals surface area contributed by atoms with Gasteiger partial charge in [-0.05, 0) is 18.2 Å². The van der Waals surface area contributed by atoms with E-state index in [2.05, 4.69) is 25.5 Å². The number of amides is 1. The highest BCUT2D eigenvalue weighted by Crippen LogP contribution is 2.26. The highest BCUT2D eigenvalue weighted by Gasteiger charge is 2.21. The monoisotopic (exact) mass is 341 g/mol. The number of ether oxygens (including phenoxy) is 2. The fourth-order valence-corrected chi connectivity index (χ4v) is 2.19. The van der Waals surface area contributed by atoms with E-state index in [1.807, 2.05) is 0 Å². The smallest absolute Gasteiger partial charge is 0.266 e. The van der Waals surface area contributed by atoms with Crippen LogP contribution in [0.2, 0.25) is 0 Å². The van der Waals surface area contributed by atoms with Crippen LogP contribution in [0.1, 0.15) is 16.2 Å². The molecule has 0 aliphatic rings. The Morgan fingerprint density at radius 3 is 2.44 bits per heavy atom. The molecule has 3 aromatic rings. The molecule has 0 atom stereocenters. The first kappa shape index (κ1) is 16.4. The van der Waals surface area contributed by atoms with Crippen LogP contribution >= 0.6 is 0 Å². The van der Waals surface area contributed by atoms with Crippen LogP contribution in [-0.4, -0.2) is 40.3 Å². The van der Waals surface area contributed by atoms with Gasteiger partial charge in [-0.3, -0.25) is 4.79 Å². The number of hydrogen-bond donors (Lipinski definition) is 1. The zero-order valence-corrected chi connectivity index (χ0v) is 13.8. The second kappa shape index (κ2) is 6.95. The molecule has 0 saturated heterocycles. The molecule has 3 rings (SSSR count). The summed E-state index contributed by atoms with van der Waals surface area (Å²) in [6.07, 6.45) is 1.26. The number of aromatic nitrogens is 4. The molecule has 2 aromatic heterocycles. The van der Waals surface area contributed by atoms with Crippen molar-refractivity contribution in [3.63, 3.8) is 0 Å². The molecule has 25 heavy (non-hydrogen) atoms. The van der Waals surface area contributed by atoms with E-state index in [1.54, 1.807) is 31.2 Å². The number of methoxy groups -OCH3 is 2. The van der Waals surface area contributed by atoms with Crippen molar-refractivity contribution >= 4 is 11.6 Å². The fraction of sp³-hybridized carbons (Fsp3) is 0.188. The van der Waals surface area contributed by atoms with Crippen LogP contribution in [-0.2, 0) is 0 Å².